The molecule has 0 atom stereocenters. The van der Waals surface area contributed by atoms with Gasteiger partial charge in [0.1, 0.15) is 5.84 Å². The first-order valence-electron chi connectivity index (χ1n) is 5.60. The second-order valence-electron chi connectivity index (χ2n) is 4.09. The zero-order chi connectivity index (χ0) is 14.0. The van der Waals surface area contributed by atoms with Gasteiger partial charge in [-0.05, 0) is 49.9 Å². The maximum Gasteiger partial charge on any atom is 0.192 e. The summed E-state index contributed by atoms with van der Waals surface area (Å²) in [5.74, 6) is -0.0378. The van der Waals surface area contributed by atoms with Gasteiger partial charge in [0.15, 0.2) is 5.16 Å². The second kappa shape index (κ2) is 5.59. The first-order chi connectivity index (χ1) is 8.95. The summed E-state index contributed by atoms with van der Waals surface area (Å²) in [7, 11) is 0. The van der Waals surface area contributed by atoms with Crippen molar-refractivity contribution in [3.8, 4) is 0 Å². The fourth-order valence-corrected chi connectivity index (χ4v) is 2.87. The summed E-state index contributed by atoms with van der Waals surface area (Å²) in [6.07, 6.45) is 0. The average molecular weight is 293 g/mol. The highest BCUT2D eigenvalue weighted by Gasteiger charge is 2.07. The van der Waals surface area contributed by atoms with E-state index in [9.17, 15) is 0 Å². The van der Waals surface area contributed by atoms with E-state index in [1.165, 1.54) is 11.8 Å². The van der Waals surface area contributed by atoms with Crippen LogP contribution in [0.25, 0.3) is 0 Å². The average Bonchev–Trinajstić information content (AvgIpc) is 2.26. The van der Waals surface area contributed by atoms with Crippen LogP contribution >= 0.6 is 23.4 Å². The molecule has 2 rings (SSSR count). The molecule has 0 fully saturated rings. The number of nitrogens with two attached hydrogens (primary N) is 1. The van der Waals surface area contributed by atoms with Crippen molar-refractivity contribution in [2.24, 2.45) is 5.73 Å². The van der Waals surface area contributed by atoms with Gasteiger partial charge >= 0.3 is 0 Å². The van der Waals surface area contributed by atoms with E-state index in [2.05, 4.69) is 9.97 Å². The molecule has 0 aliphatic heterocycles. The number of hydrogen-bond donors (Lipinski definition) is 2. The Bertz CT molecular complexity index is 622. The molecule has 19 heavy (non-hydrogen) atoms. The molecule has 0 radical (unpaired) electrons. The number of halogens is 1. The minimum atomic E-state index is -0.0378. The molecule has 0 amide bonds. The van der Waals surface area contributed by atoms with Crippen LogP contribution in [0.4, 0.5) is 0 Å². The third-order valence-electron chi connectivity index (χ3n) is 2.40. The van der Waals surface area contributed by atoms with Crippen molar-refractivity contribution in [1.29, 1.82) is 5.41 Å². The standard InChI is InChI=1S/C13H13ClN4S/c1-7-5-8(2)18-13(17-7)19-9-3-4-10(12(15)16)11(14)6-9/h3-6H,1-2H3,(H3,15,16). The van der Waals surface area contributed by atoms with Gasteiger partial charge in [0.05, 0.1) is 5.02 Å². The number of benzene rings is 1. The highest BCUT2D eigenvalue weighted by molar-refractivity contribution is 7.99. The summed E-state index contributed by atoms with van der Waals surface area (Å²) < 4.78 is 0. The van der Waals surface area contributed by atoms with Crippen LogP contribution in [0, 0.1) is 19.3 Å². The number of nitrogens with zero attached hydrogens (tertiary/aromatic N) is 2. The van der Waals surface area contributed by atoms with Crippen molar-refractivity contribution in [2.75, 3.05) is 0 Å². The summed E-state index contributed by atoms with van der Waals surface area (Å²) >= 11 is 7.51. The second-order valence-corrected chi connectivity index (χ2v) is 5.54. The molecule has 0 aliphatic carbocycles. The minimum Gasteiger partial charge on any atom is -0.384 e. The highest BCUT2D eigenvalue weighted by Crippen LogP contribution is 2.29. The van der Waals surface area contributed by atoms with Gasteiger partial charge < -0.3 is 5.73 Å². The Morgan fingerprint density at radius 2 is 1.84 bits per heavy atom. The predicted molar refractivity (Wildman–Crippen MR) is 78.1 cm³/mol. The molecule has 3 N–H and O–H groups in total. The molecule has 2 aromatic rings. The van der Waals surface area contributed by atoms with Crippen LogP contribution in [0.1, 0.15) is 17.0 Å². The predicted octanol–water partition coefficient (Wildman–Crippen LogP) is 3.18. The number of rotatable bonds is 3. The summed E-state index contributed by atoms with van der Waals surface area (Å²) in [6, 6.07) is 7.28. The zero-order valence-electron chi connectivity index (χ0n) is 10.6. The maximum atomic E-state index is 7.39. The van der Waals surface area contributed by atoms with Crippen LogP contribution in [0.3, 0.4) is 0 Å². The van der Waals surface area contributed by atoms with Crippen LogP contribution in [0.2, 0.25) is 5.02 Å². The van der Waals surface area contributed by atoms with Crippen LogP contribution < -0.4 is 5.73 Å². The number of hydrogen-bond acceptors (Lipinski definition) is 4. The first-order valence-corrected chi connectivity index (χ1v) is 6.79. The van der Waals surface area contributed by atoms with Gasteiger partial charge in [-0.3, -0.25) is 5.41 Å². The molecule has 98 valence electrons. The fourth-order valence-electron chi connectivity index (χ4n) is 1.62. The summed E-state index contributed by atoms with van der Waals surface area (Å²) in [5, 5.41) is 8.53. The summed E-state index contributed by atoms with van der Waals surface area (Å²) in [4.78, 5) is 9.63. The van der Waals surface area contributed by atoms with E-state index in [4.69, 9.17) is 22.7 Å². The van der Waals surface area contributed by atoms with Gasteiger partial charge in [-0.1, -0.05) is 11.6 Å². The fraction of sp³-hybridized carbons (Fsp3) is 0.154. The monoisotopic (exact) mass is 292 g/mol. The third-order valence-corrected chi connectivity index (χ3v) is 3.57. The third kappa shape index (κ3) is 3.45. The van der Waals surface area contributed by atoms with E-state index in [1.54, 1.807) is 12.1 Å². The SMILES string of the molecule is Cc1cc(C)nc(Sc2ccc(C(=N)N)c(Cl)c2)n1. The molecule has 1 heterocycles. The molecule has 0 saturated carbocycles. The van der Waals surface area contributed by atoms with Gasteiger partial charge in [-0.2, -0.15) is 0 Å². The lowest BCUT2D eigenvalue weighted by Gasteiger charge is -2.06. The number of aromatic nitrogens is 2. The molecule has 0 unspecified atom stereocenters. The molecular weight excluding hydrogens is 280 g/mol. The minimum absolute atomic E-state index is 0.0378. The van der Waals surface area contributed by atoms with Crippen LogP contribution in [-0.2, 0) is 0 Å². The largest absolute Gasteiger partial charge is 0.384 e. The highest BCUT2D eigenvalue weighted by atomic mass is 35.5. The van der Waals surface area contributed by atoms with Gasteiger partial charge in [-0.15, -0.1) is 0 Å². The molecule has 1 aromatic heterocycles. The van der Waals surface area contributed by atoms with Crippen molar-refractivity contribution in [2.45, 2.75) is 23.9 Å². The van der Waals surface area contributed by atoms with Crippen LogP contribution in [0.15, 0.2) is 34.3 Å². The Hall–Kier alpha value is -1.59. The number of amidine groups is 1. The Labute approximate surface area is 120 Å². The lowest BCUT2D eigenvalue weighted by molar-refractivity contribution is 0.902. The Morgan fingerprint density at radius 3 is 2.37 bits per heavy atom. The van der Waals surface area contributed by atoms with E-state index in [0.29, 0.717) is 15.7 Å². The Morgan fingerprint density at radius 1 is 1.21 bits per heavy atom. The van der Waals surface area contributed by atoms with E-state index >= 15 is 0 Å². The summed E-state index contributed by atoms with van der Waals surface area (Å²) in [6.45, 7) is 3.87. The Balaban J connectivity index is 2.28. The molecule has 4 nitrogen and oxygen atoms in total. The van der Waals surface area contributed by atoms with Crippen molar-refractivity contribution in [3.63, 3.8) is 0 Å². The topological polar surface area (TPSA) is 75.7 Å². The molecular formula is C13H13ClN4S. The molecule has 6 heteroatoms. The molecule has 1 aromatic carbocycles. The molecule has 0 bridgehead atoms. The quantitative estimate of drug-likeness (QED) is 0.517. The van der Waals surface area contributed by atoms with E-state index < -0.39 is 0 Å². The number of nitrogen functional groups attached to an aromatic ring is 1. The summed E-state index contributed by atoms with van der Waals surface area (Å²) in [5.41, 5.74) is 7.82. The number of nitrogens with one attached hydrogen (secondary N) is 1. The van der Waals surface area contributed by atoms with Crippen molar-refractivity contribution >= 4 is 29.2 Å². The Kier molecular flexibility index (Phi) is 4.07. The first kappa shape index (κ1) is 13.8. The van der Waals surface area contributed by atoms with Gasteiger partial charge in [0, 0.05) is 21.8 Å². The number of aryl methyl sites for hydroxylation is 2. The van der Waals surface area contributed by atoms with Crippen molar-refractivity contribution in [3.05, 3.63) is 46.2 Å². The van der Waals surface area contributed by atoms with Crippen molar-refractivity contribution < 1.29 is 0 Å². The van der Waals surface area contributed by atoms with Crippen molar-refractivity contribution in [1.82, 2.24) is 9.97 Å². The molecule has 0 aliphatic rings. The smallest absolute Gasteiger partial charge is 0.192 e. The van der Waals surface area contributed by atoms with E-state index in [0.717, 1.165) is 16.3 Å². The van der Waals surface area contributed by atoms with Gasteiger partial charge in [-0.25, -0.2) is 9.97 Å². The lowest BCUT2D eigenvalue weighted by atomic mass is 10.2. The van der Waals surface area contributed by atoms with Gasteiger partial charge in [0.2, 0.25) is 0 Å². The zero-order valence-corrected chi connectivity index (χ0v) is 12.1. The maximum absolute atomic E-state index is 7.39. The van der Waals surface area contributed by atoms with Crippen LogP contribution in [0.5, 0.6) is 0 Å². The van der Waals surface area contributed by atoms with Crippen LogP contribution in [-0.4, -0.2) is 15.8 Å². The molecule has 0 saturated heterocycles. The van der Waals surface area contributed by atoms with Gasteiger partial charge in [0.25, 0.3) is 0 Å². The molecule has 0 spiro atoms. The normalized spacial score (nSPS) is 10.5. The van der Waals surface area contributed by atoms with E-state index in [-0.39, 0.29) is 5.84 Å². The van der Waals surface area contributed by atoms with E-state index in [1.807, 2.05) is 26.0 Å². The lowest BCUT2D eigenvalue weighted by Crippen LogP contribution is -2.11.